The number of hydrogen-bond donors (Lipinski definition) is 1. The van der Waals surface area contributed by atoms with E-state index >= 15 is 0 Å². The van der Waals surface area contributed by atoms with Crippen molar-refractivity contribution >= 4 is 24.5 Å². The van der Waals surface area contributed by atoms with E-state index < -0.39 is 0 Å². The minimum absolute atomic E-state index is 0.506. The van der Waals surface area contributed by atoms with Gasteiger partial charge in [-0.05, 0) is 84.3 Å². The third kappa shape index (κ3) is 48.5. The van der Waals surface area contributed by atoms with Crippen LogP contribution in [0.15, 0.2) is 10.8 Å². The number of rotatable bonds is 47. The quantitative estimate of drug-likeness (QED) is 0.0390. The molecule has 1 N–H and O–H groups in total. The molecule has 1 rings (SSSR count). The molecule has 0 aliphatic carbocycles. The molecule has 374 valence electrons. The van der Waals surface area contributed by atoms with Gasteiger partial charge >= 0.3 is 0 Å². The first-order valence-corrected chi connectivity index (χ1v) is 27.9. The molecule has 0 fully saturated rings. The van der Waals surface area contributed by atoms with Crippen LogP contribution in [0.25, 0.3) is 0 Å². The monoisotopic (exact) mass is 910 g/mol. The fraction of sp³-hybridized carbons (Fsp3) is 0.907. The van der Waals surface area contributed by atoms with E-state index in [4.69, 9.17) is 14.0 Å². The summed E-state index contributed by atoms with van der Waals surface area (Å²) < 4.78 is 19.4. The molecule has 0 saturated carbocycles. The number of aryl methyl sites for hydroxylation is 1. The Morgan fingerprint density at radius 3 is 1.37 bits per heavy atom. The number of carbonyl (C=O) groups excluding carboxylic acids is 2. The zero-order valence-electron chi connectivity index (χ0n) is 43.0. The second-order valence-corrected chi connectivity index (χ2v) is 18.9. The topological polar surface area (TPSA) is 93.9 Å². The molecular weight excluding hydrogens is 803 g/mol. The Hall–Kier alpha value is -1.26. The normalized spacial score (nSPS) is 11.7. The molecule has 0 saturated heterocycles. The maximum absolute atomic E-state index is 10.4. The minimum atomic E-state index is 0.506. The number of nitrogens with zero attached hydrogens (tertiary/aromatic N) is 2. The van der Waals surface area contributed by atoms with Crippen LogP contribution < -0.4 is 4.72 Å². The highest BCUT2D eigenvalue weighted by molar-refractivity contribution is 7.96. The summed E-state index contributed by atoms with van der Waals surface area (Å²) in [6.07, 6.45) is 49.2. The SMILES string of the molecule is CCCCCCCCC(CC)OC.CCCCCCCCC(CCCCCCCC)OC.Cc1conc1CSNCCCN(CCCCCCCC=O)CCCCCCCC=O. The van der Waals surface area contributed by atoms with Crippen molar-refractivity contribution < 1.29 is 23.6 Å². The van der Waals surface area contributed by atoms with Crippen LogP contribution in [0.3, 0.4) is 0 Å². The summed E-state index contributed by atoms with van der Waals surface area (Å²) in [5, 5.41) is 4.01. The highest BCUT2D eigenvalue weighted by Crippen LogP contribution is 2.17. The van der Waals surface area contributed by atoms with Gasteiger partial charge in [-0.2, -0.15) is 0 Å². The van der Waals surface area contributed by atoms with Gasteiger partial charge in [0.15, 0.2) is 0 Å². The van der Waals surface area contributed by atoms with Crippen molar-refractivity contribution in [2.45, 2.75) is 277 Å². The lowest BCUT2D eigenvalue weighted by atomic mass is 10.0. The minimum Gasteiger partial charge on any atom is -0.381 e. The first-order valence-electron chi connectivity index (χ1n) is 26.9. The molecule has 0 bridgehead atoms. The van der Waals surface area contributed by atoms with Gasteiger partial charge in [0.2, 0.25) is 0 Å². The lowest BCUT2D eigenvalue weighted by Crippen LogP contribution is -2.29. The van der Waals surface area contributed by atoms with Crippen LogP contribution >= 0.6 is 11.9 Å². The predicted molar refractivity (Wildman–Crippen MR) is 275 cm³/mol. The van der Waals surface area contributed by atoms with Crippen LogP contribution in [0.2, 0.25) is 0 Å². The molecule has 1 aromatic heterocycles. The maximum atomic E-state index is 10.4. The summed E-state index contributed by atoms with van der Waals surface area (Å²) in [6.45, 7) is 15.5. The Balaban J connectivity index is 0. The fourth-order valence-corrected chi connectivity index (χ4v) is 8.67. The molecule has 0 amide bonds. The highest BCUT2D eigenvalue weighted by Gasteiger charge is 2.08. The van der Waals surface area contributed by atoms with E-state index in [9.17, 15) is 9.59 Å². The standard InChI is InChI=1S/C24H43N3O3S.C18H38O.C12H26O/c1-23-21-30-26-24(23)22-31-25-15-14-18-27(16-10-6-2-4-8-12-19-28)17-11-7-3-5-9-13-20-29;1-4-6-8-10-12-14-16-18(19-3)17-15-13-11-9-7-5-2;1-4-6-7-8-9-10-11-12(5-2)13-3/h19-21,25H,2-18,22H2,1H3;18H,4-17H2,1-3H3;12H,4-11H2,1-3H3. The molecule has 63 heavy (non-hydrogen) atoms. The number of aldehydes is 2. The largest absolute Gasteiger partial charge is 0.381 e. The van der Waals surface area contributed by atoms with Gasteiger partial charge in [-0.1, -0.05) is 199 Å². The Morgan fingerprint density at radius 2 is 0.968 bits per heavy atom. The van der Waals surface area contributed by atoms with Gasteiger partial charge in [0.25, 0.3) is 0 Å². The molecule has 0 radical (unpaired) electrons. The number of hydrogen-bond acceptors (Lipinski definition) is 9. The third-order valence-corrected chi connectivity index (χ3v) is 13.1. The Morgan fingerprint density at radius 1 is 0.571 bits per heavy atom. The van der Waals surface area contributed by atoms with Crippen molar-refractivity contribution in [2.24, 2.45) is 0 Å². The average molecular weight is 911 g/mol. The van der Waals surface area contributed by atoms with Gasteiger partial charge in [0, 0.05) is 39.2 Å². The Bertz CT molecular complexity index is 972. The first kappa shape index (κ1) is 63.8. The van der Waals surface area contributed by atoms with Crippen molar-refractivity contribution in [3.63, 3.8) is 0 Å². The van der Waals surface area contributed by atoms with Gasteiger partial charge in [-0.25, -0.2) is 0 Å². The fourth-order valence-electron chi connectivity index (χ4n) is 7.86. The number of unbranched alkanes of at least 4 members (excludes halogenated alkanes) is 25. The van der Waals surface area contributed by atoms with Crippen LogP contribution in [0.1, 0.15) is 264 Å². The first-order chi connectivity index (χ1) is 31.0. The summed E-state index contributed by atoms with van der Waals surface area (Å²) in [6, 6.07) is 0. The van der Waals surface area contributed by atoms with Gasteiger partial charge in [0.05, 0.1) is 23.7 Å². The van der Waals surface area contributed by atoms with Crippen molar-refractivity contribution in [3.8, 4) is 0 Å². The summed E-state index contributed by atoms with van der Waals surface area (Å²) >= 11 is 1.70. The van der Waals surface area contributed by atoms with Crippen molar-refractivity contribution in [1.82, 2.24) is 14.8 Å². The highest BCUT2D eigenvalue weighted by atomic mass is 32.2. The van der Waals surface area contributed by atoms with E-state index in [0.29, 0.717) is 25.0 Å². The van der Waals surface area contributed by atoms with Crippen molar-refractivity contribution in [2.75, 3.05) is 40.4 Å². The molecule has 1 heterocycles. The summed E-state index contributed by atoms with van der Waals surface area (Å²) in [7, 11) is 3.71. The van der Waals surface area contributed by atoms with Crippen LogP contribution in [0.4, 0.5) is 0 Å². The number of carbonyl (C=O) groups is 2. The van der Waals surface area contributed by atoms with Crippen molar-refractivity contribution in [3.05, 3.63) is 17.5 Å². The number of aromatic nitrogens is 1. The summed E-state index contributed by atoms with van der Waals surface area (Å²) in [4.78, 5) is 23.4. The molecule has 9 heteroatoms. The Kier molecular flexibility index (Phi) is 55.8. The molecule has 1 aromatic rings. The second-order valence-electron chi connectivity index (χ2n) is 18.1. The molecule has 0 aliphatic rings. The molecule has 0 aliphatic heterocycles. The van der Waals surface area contributed by atoms with E-state index in [1.807, 2.05) is 21.1 Å². The van der Waals surface area contributed by atoms with Crippen LogP contribution in [-0.4, -0.2) is 75.2 Å². The zero-order chi connectivity index (χ0) is 46.5. The number of nitrogens with one attached hydrogen (secondary N) is 1. The molecular formula is C54H107N3O5S. The van der Waals surface area contributed by atoms with E-state index in [-0.39, 0.29) is 0 Å². The van der Waals surface area contributed by atoms with E-state index in [1.54, 1.807) is 18.2 Å². The molecule has 0 aromatic carbocycles. The number of ether oxygens (including phenoxy) is 2. The average Bonchev–Trinajstić information content (AvgIpc) is 3.72. The lowest BCUT2D eigenvalue weighted by molar-refractivity contribution is -0.108. The van der Waals surface area contributed by atoms with Gasteiger partial charge < -0.3 is 28.5 Å². The maximum Gasteiger partial charge on any atom is 0.127 e. The lowest BCUT2D eigenvalue weighted by Gasteiger charge is -2.22. The van der Waals surface area contributed by atoms with Gasteiger partial charge in [-0.3, -0.25) is 4.72 Å². The van der Waals surface area contributed by atoms with E-state index in [0.717, 1.165) is 68.4 Å². The summed E-state index contributed by atoms with van der Waals surface area (Å²) in [5.41, 5.74) is 2.12. The van der Waals surface area contributed by atoms with Crippen LogP contribution in [0, 0.1) is 6.92 Å². The van der Waals surface area contributed by atoms with Gasteiger partial charge in [0.1, 0.15) is 18.8 Å². The van der Waals surface area contributed by atoms with E-state index in [2.05, 4.69) is 42.5 Å². The van der Waals surface area contributed by atoms with Gasteiger partial charge in [-0.15, -0.1) is 0 Å². The van der Waals surface area contributed by atoms with E-state index in [1.165, 1.54) is 199 Å². The third-order valence-electron chi connectivity index (χ3n) is 12.3. The summed E-state index contributed by atoms with van der Waals surface area (Å²) in [5.74, 6) is 0.834. The number of methoxy groups -OCH3 is 2. The molecule has 1 unspecified atom stereocenters. The molecule has 8 nitrogen and oxygen atoms in total. The zero-order valence-corrected chi connectivity index (χ0v) is 43.8. The Labute approximate surface area is 396 Å². The second kappa shape index (κ2) is 55.1. The smallest absolute Gasteiger partial charge is 0.127 e. The molecule has 1 atom stereocenters. The van der Waals surface area contributed by atoms with Crippen LogP contribution in [0.5, 0.6) is 0 Å². The van der Waals surface area contributed by atoms with Crippen LogP contribution in [-0.2, 0) is 24.8 Å². The predicted octanol–water partition coefficient (Wildman–Crippen LogP) is 16.2. The van der Waals surface area contributed by atoms with Crippen molar-refractivity contribution in [1.29, 1.82) is 0 Å². The molecule has 0 spiro atoms.